The number of hydrogen-bond acceptors (Lipinski definition) is 1. The molecule has 9 heavy (non-hydrogen) atoms. The molecule has 0 radical (unpaired) electrons. The van der Waals surface area contributed by atoms with Gasteiger partial charge in [-0.05, 0) is 12.8 Å². The van der Waals surface area contributed by atoms with Crippen LogP contribution in [0.3, 0.4) is 0 Å². The van der Waals surface area contributed by atoms with Crippen LogP contribution in [0.2, 0.25) is 0 Å². The molecular weight excluding hydrogens is 110 g/mol. The standard InChI is InChI=1S/C8H9N/c1-3-7-5-6-8(4-2)9-7/h1-2,7-9H,5-6H2/t7-,8-/m0/s1. The maximum Gasteiger partial charge on any atom is 0.0697 e. The Morgan fingerprint density at radius 1 is 1.11 bits per heavy atom. The zero-order valence-corrected chi connectivity index (χ0v) is 5.22. The summed E-state index contributed by atoms with van der Waals surface area (Å²) in [6, 6.07) is 0.428. The zero-order chi connectivity index (χ0) is 6.69. The summed E-state index contributed by atoms with van der Waals surface area (Å²) in [5, 5.41) is 3.12. The van der Waals surface area contributed by atoms with Crippen molar-refractivity contribution in [3.05, 3.63) is 0 Å². The average Bonchev–Trinajstić information content (AvgIpc) is 2.34. The Morgan fingerprint density at radius 3 is 1.78 bits per heavy atom. The van der Waals surface area contributed by atoms with E-state index in [1.54, 1.807) is 0 Å². The lowest BCUT2D eigenvalue weighted by Gasteiger charge is -2.00. The summed E-state index contributed by atoms with van der Waals surface area (Å²) in [6.07, 6.45) is 12.4. The number of rotatable bonds is 0. The second-order valence-corrected chi connectivity index (χ2v) is 2.18. The minimum absolute atomic E-state index is 0.214. The van der Waals surface area contributed by atoms with Gasteiger partial charge in [-0.1, -0.05) is 11.8 Å². The molecule has 0 aromatic rings. The second-order valence-electron chi connectivity index (χ2n) is 2.18. The molecule has 1 aliphatic heterocycles. The lowest BCUT2D eigenvalue weighted by molar-refractivity contribution is 0.697. The fraction of sp³-hybridized carbons (Fsp3) is 0.500. The molecule has 2 atom stereocenters. The topological polar surface area (TPSA) is 12.0 Å². The van der Waals surface area contributed by atoms with Crippen LogP contribution >= 0.6 is 0 Å². The van der Waals surface area contributed by atoms with Crippen molar-refractivity contribution >= 4 is 0 Å². The van der Waals surface area contributed by atoms with Gasteiger partial charge in [-0.15, -0.1) is 12.8 Å². The smallest absolute Gasteiger partial charge is 0.0697 e. The lowest BCUT2D eigenvalue weighted by Crippen LogP contribution is -2.26. The van der Waals surface area contributed by atoms with E-state index >= 15 is 0 Å². The Kier molecular flexibility index (Phi) is 1.78. The molecule has 1 fully saturated rings. The maximum absolute atomic E-state index is 5.17. The van der Waals surface area contributed by atoms with E-state index in [-0.39, 0.29) is 12.1 Å². The first-order chi connectivity index (χ1) is 4.36. The molecule has 0 unspecified atom stereocenters. The summed E-state index contributed by atoms with van der Waals surface area (Å²) >= 11 is 0. The lowest BCUT2D eigenvalue weighted by atomic mass is 10.2. The van der Waals surface area contributed by atoms with E-state index in [0.717, 1.165) is 12.8 Å². The van der Waals surface area contributed by atoms with Crippen LogP contribution < -0.4 is 5.32 Å². The average molecular weight is 119 g/mol. The van der Waals surface area contributed by atoms with Crippen molar-refractivity contribution in [1.82, 2.24) is 5.32 Å². The Labute approximate surface area is 55.8 Å². The van der Waals surface area contributed by atoms with Crippen LogP contribution in [0.1, 0.15) is 12.8 Å². The molecule has 0 amide bonds. The maximum atomic E-state index is 5.17. The summed E-state index contributed by atoms with van der Waals surface area (Å²) < 4.78 is 0. The van der Waals surface area contributed by atoms with Gasteiger partial charge in [0.2, 0.25) is 0 Å². The van der Waals surface area contributed by atoms with Gasteiger partial charge in [0.05, 0.1) is 12.1 Å². The molecule has 0 saturated carbocycles. The van der Waals surface area contributed by atoms with Crippen molar-refractivity contribution < 1.29 is 0 Å². The molecular formula is C8H9N. The summed E-state index contributed by atoms with van der Waals surface area (Å²) in [4.78, 5) is 0. The molecule has 1 rings (SSSR count). The van der Waals surface area contributed by atoms with Crippen molar-refractivity contribution in [3.8, 4) is 24.7 Å². The van der Waals surface area contributed by atoms with Crippen molar-refractivity contribution in [1.29, 1.82) is 0 Å². The van der Waals surface area contributed by atoms with Gasteiger partial charge in [0, 0.05) is 0 Å². The van der Waals surface area contributed by atoms with Gasteiger partial charge in [-0.25, -0.2) is 0 Å². The first kappa shape index (κ1) is 6.20. The van der Waals surface area contributed by atoms with Crippen LogP contribution in [0.4, 0.5) is 0 Å². The van der Waals surface area contributed by atoms with Gasteiger partial charge in [0.15, 0.2) is 0 Å². The third kappa shape index (κ3) is 1.25. The third-order valence-electron chi connectivity index (χ3n) is 1.55. The summed E-state index contributed by atoms with van der Waals surface area (Å²) in [7, 11) is 0. The molecule has 1 nitrogen and oxygen atoms in total. The Balaban J connectivity index is 2.42. The normalized spacial score (nSPS) is 33.1. The van der Waals surface area contributed by atoms with Crippen LogP contribution in [-0.2, 0) is 0 Å². The van der Waals surface area contributed by atoms with Gasteiger partial charge < -0.3 is 0 Å². The molecule has 1 aliphatic rings. The molecule has 0 spiro atoms. The van der Waals surface area contributed by atoms with E-state index in [4.69, 9.17) is 12.8 Å². The molecule has 1 heteroatoms. The number of hydrogen-bond donors (Lipinski definition) is 1. The molecule has 46 valence electrons. The van der Waals surface area contributed by atoms with E-state index in [1.807, 2.05) is 0 Å². The predicted octanol–water partition coefficient (Wildman–Crippen LogP) is 0.373. The zero-order valence-electron chi connectivity index (χ0n) is 5.22. The van der Waals surface area contributed by atoms with E-state index in [2.05, 4.69) is 17.2 Å². The molecule has 0 aliphatic carbocycles. The Hall–Kier alpha value is -0.920. The van der Waals surface area contributed by atoms with Gasteiger partial charge >= 0.3 is 0 Å². The highest BCUT2D eigenvalue weighted by Gasteiger charge is 2.18. The Bertz CT molecular complexity index is 150. The highest BCUT2D eigenvalue weighted by molar-refractivity contribution is 5.11. The van der Waals surface area contributed by atoms with Crippen LogP contribution in [0.25, 0.3) is 0 Å². The first-order valence-corrected chi connectivity index (χ1v) is 3.05. The van der Waals surface area contributed by atoms with Crippen molar-refractivity contribution in [2.75, 3.05) is 0 Å². The van der Waals surface area contributed by atoms with Crippen molar-refractivity contribution in [2.45, 2.75) is 24.9 Å². The third-order valence-corrected chi connectivity index (χ3v) is 1.55. The fourth-order valence-corrected chi connectivity index (χ4v) is 1.01. The van der Waals surface area contributed by atoms with Crippen LogP contribution in [0.5, 0.6) is 0 Å². The summed E-state index contributed by atoms with van der Waals surface area (Å²) in [5.74, 6) is 5.24. The Morgan fingerprint density at radius 2 is 1.56 bits per heavy atom. The minimum atomic E-state index is 0.214. The van der Waals surface area contributed by atoms with E-state index in [1.165, 1.54) is 0 Å². The minimum Gasteiger partial charge on any atom is -0.290 e. The molecule has 0 bridgehead atoms. The van der Waals surface area contributed by atoms with Crippen molar-refractivity contribution in [2.24, 2.45) is 0 Å². The highest BCUT2D eigenvalue weighted by Crippen LogP contribution is 2.09. The second kappa shape index (κ2) is 2.58. The summed E-state index contributed by atoms with van der Waals surface area (Å²) in [5.41, 5.74) is 0. The van der Waals surface area contributed by atoms with Gasteiger partial charge in [0.25, 0.3) is 0 Å². The van der Waals surface area contributed by atoms with Crippen molar-refractivity contribution in [3.63, 3.8) is 0 Å². The van der Waals surface area contributed by atoms with Gasteiger partial charge in [0.1, 0.15) is 0 Å². The molecule has 0 aromatic heterocycles. The molecule has 1 saturated heterocycles. The van der Waals surface area contributed by atoms with Crippen LogP contribution in [-0.4, -0.2) is 12.1 Å². The monoisotopic (exact) mass is 119 g/mol. The molecule has 1 N–H and O–H groups in total. The van der Waals surface area contributed by atoms with E-state index in [9.17, 15) is 0 Å². The number of nitrogens with one attached hydrogen (secondary N) is 1. The fourth-order valence-electron chi connectivity index (χ4n) is 1.01. The molecule has 0 aromatic carbocycles. The van der Waals surface area contributed by atoms with E-state index in [0.29, 0.717) is 0 Å². The predicted molar refractivity (Wildman–Crippen MR) is 37.6 cm³/mol. The van der Waals surface area contributed by atoms with Gasteiger partial charge in [-0.3, -0.25) is 5.32 Å². The largest absolute Gasteiger partial charge is 0.290 e. The van der Waals surface area contributed by atoms with Gasteiger partial charge in [-0.2, -0.15) is 0 Å². The quantitative estimate of drug-likeness (QED) is 0.454. The first-order valence-electron chi connectivity index (χ1n) is 3.05. The number of terminal acetylenes is 2. The van der Waals surface area contributed by atoms with Crippen LogP contribution in [0, 0.1) is 24.7 Å². The summed E-state index contributed by atoms with van der Waals surface area (Å²) in [6.45, 7) is 0. The SMILES string of the molecule is C#C[C@H]1CC[C@H](C#C)N1. The highest BCUT2D eigenvalue weighted by atomic mass is 15.0. The molecule has 1 heterocycles. The van der Waals surface area contributed by atoms with E-state index < -0.39 is 0 Å². The van der Waals surface area contributed by atoms with Crippen LogP contribution in [0.15, 0.2) is 0 Å².